The lowest BCUT2D eigenvalue weighted by Crippen LogP contribution is -2.01. The molecule has 0 aliphatic rings. The van der Waals surface area contributed by atoms with Crippen LogP contribution in [0, 0.1) is 6.92 Å². The van der Waals surface area contributed by atoms with Crippen molar-refractivity contribution in [2.24, 2.45) is 7.05 Å². The maximum Gasteiger partial charge on any atom is 0.148 e. The molecule has 5 nitrogen and oxygen atoms in total. The van der Waals surface area contributed by atoms with Crippen molar-refractivity contribution in [1.29, 1.82) is 0 Å². The summed E-state index contributed by atoms with van der Waals surface area (Å²) in [6.07, 6.45) is 0. The van der Waals surface area contributed by atoms with Crippen LogP contribution in [0.15, 0.2) is 24.3 Å². The predicted molar refractivity (Wildman–Crippen MR) is 65.0 cm³/mol. The molecule has 0 saturated carbocycles. The lowest BCUT2D eigenvalue weighted by atomic mass is 10.2. The summed E-state index contributed by atoms with van der Waals surface area (Å²) in [6.45, 7) is 2.43. The summed E-state index contributed by atoms with van der Waals surface area (Å²) in [5.41, 5.74) is 1.77. The summed E-state index contributed by atoms with van der Waals surface area (Å²) >= 11 is 0. The fourth-order valence-electron chi connectivity index (χ4n) is 1.53. The van der Waals surface area contributed by atoms with E-state index in [9.17, 15) is 5.11 Å². The Morgan fingerprint density at radius 2 is 2.06 bits per heavy atom. The van der Waals surface area contributed by atoms with Crippen LogP contribution in [0.4, 0.5) is 5.82 Å². The Balaban J connectivity index is 2.07. The number of aromatic hydroxyl groups is 2. The van der Waals surface area contributed by atoms with Crippen LogP contribution in [0.1, 0.15) is 11.3 Å². The molecule has 0 bridgehead atoms. The van der Waals surface area contributed by atoms with Crippen molar-refractivity contribution in [1.82, 2.24) is 9.78 Å². The number of rotatable bonds is 3. The average Bonchev–Trinajstić information content (AvgIpc) is 2.57. The zero-order chi connectivity index (χ0) is 12.4. The van der Waals surface area contributed by atoms with Crippen LogP contribution in [0.2, 0.25) is 0 Å². The van der Waals surface area contributed by atoms with Gasteiger partial charge in [-0.25, -0.2) is 0 Å². The number of phenolic OH excluding ortho intramolecular Hbond substituents is 2. The van der Waals surface area contributed by atoms with Gasteiger partial charge in [0.1, 0.15) is 17.3 Å². The number of hydrogen-bond donors (Lipinski definition) is 3. The molecule has 0 aliphatic heterocycles. The smallest absolute Gasteiger partial charge is 0.148 e. The van der Waals surface area contributed by atoms with Gasteiger partial charge in [-0.1, -0.05) is 0 Å². The Bertz CT molecular complexity index is 515. The second-order valence-electron chi connectivity index (χ2n) is 3.96. The molecule has 17 heavy (non-hydrogen) atoms. The maximum atomic E-state index is 9.60. The van der Waals surface area contributed by atoms with Gasteiger partial charge < -0.3 is 15.5 Å². The molecule has 5 heteroatoms. The fourth-order valence-corrected chi connectivity index (χ4v) is 1.53. The minimum absolute atomic E-state index is 0.0555. The third kappa shape index (κ3) is 2.50. The third-order valence-electron chi connectivity index (χ3n) is 2.64. The van der Waals surface area contributed by atoms with E-state index >= 15 is 0 Å². The van der Waals surface area contributed by atoms with E-state index in [2.05, 4.69) is 10.4 Å². The van der Waals surface area contributed by atoms with Crippen LogP contribution >= 0.6 is 0 Å². The number of aromatic nitrogens is 2. The monoisotopic (exact) mass is 233 g/mol. The van der Waals surface area contributed by atoms with Gasteiger partial charge in [0, 0.05) is 37.0 Å². The van der Waals surface area contributed by atoms with E-state index in [0.717, 1.165) is 11.5 Å². The predicted octanol–water partition coefficient (Wildman–Crippen LogP) is 1.75. The van der Waals surface area contributed by atoms with E-state index in [1.165, 1.54) is 6.07 Å². The summed E-state index contributed by atoms with van der Waals surface area (Å²) in [7, 11) is 1.87. The maximum absolute atomic E-state index is 9.60. The van der Waals surface area contributed by atoms with E-state index < -0.39 is 0 Å². The highest BCUT2D eigenvalue weighted by atomic mass is 16.3. The molecule has 0 fully saturated rings. The fraction of sp³-hybridized carbons (Fsp3) is 0.250. The molecule has 0 aliphatic carbocycles. The van der Waals surface area contributed by atoms with Crippen LogP contribution in [-0.2, 0) is 13.6 Å². The first kappa shape index (κ1) is 11.3. The van der Waals surface area contributed by atoms with Crippen molar-refractivity contribution in [3.05, 3.63) is 35.5 Å². The second-order valence-corrected chi connectivity index (χ2v) is 3.96. The molecular formula is C12H15N3O2. The summed E-state index contributed by atoms with van der Waals surface area (Å²) in [5.74, 6) is 0.891. The van der Waals surface area contributed by atoms with Crippen molar-refractivity contribution >= 4 is 5.82 Å². The zero-order valence-corrected chi connectivity index (χ0v) is 9.81. The highest BCUT2D eigenvalue weighted by Crippen LogP contribution is 2.23. The molecule has 3 N–H and O–H groups in total. The zero-order valence-electron chi connectivity index (χ0n) is 9.81. The molecule has 90 valence electrons. The highest BCUT2D eigenvalue weighted by molar-refractivity contribution is 5.42. The summed E-state index contributed by atoms with van der Waals surface area (Å²) in [5, 5.41) is 26.1. The number of nitrogens with one attached hydrogen (secondary N) is 1. The lowest BCUT2D eigenvalue weighted by Gasteiger charge is -2.05. The van der Waals surface area contributed by atoms with E-state index in [4.69, 9.17) is 5.11 Å². The Labute approximate surface area is 99.3 Å². The van der Waals surface area contributed by atoms with E-state index in [1.807, 2.05) is 20.0 Å². The number of benzene rings is 1. The van der Waals surface area contributed by atoms with E-state index in [1.54, 1.807) is 16.8 Å². The van der Waals surface area contributed by atoms with Gasteiger partial charge in [-0.3, -0.25) is 4.68 Å². The molecule has 0 spiro atoms. The molecule has 0 saturated heterocycles. The number of phenols is 2. The Hall–Kier alpha value is -2.17. The van der Waals surface area contributed by atoms with Crippen molar-refractivity contribution in [3.8, 4) is 11.5 Å². The lowest BCUT2D eigenvalue weighted by molar-refractivity contribution is 0.446. The Morgan fingerprint density at radius 1 is 1.29 bits per heavy atom. The van der Waals surface area contributed by atoms with E-state index in [0.29, 0.717) is 12.1 Å². The Morgan fingerprint density at radius 3 is 2.65 bits per heavy atom. The molecule has 0 unspecified atom stereocenters. The molecule has 0 radical (unpaired) electrons. The first-order valence-corrected chi connectivity index (χ1v) is 5.31. The number of anilines is 1. The van der Waals surface area contributed by atoms with Gasteiger partial charge in [-0.15, -0.1) is 0 Å². The molecule has 2 aromatic rings. The summed E-state index contributed by atoms with van der Waals surface area (Å²) < 4.78 is 1.78. The van der Waals surface area contributed by atoms with Gasteiger partial charge in [0.2, 0.25) is 0 Å². The van der Waals surface area contributed by atoms with Gasteiger partial charge >= 0.3 is 0 Å². The first-order valence-electron chi connectivity index (χ1n) is 5.31. The number of hydrogen-bond acceptors (Lipinski definition) is 4. The van der Waals surface area contributed by atoms with Crippen LogP contribution in [0.3, 0.4) is 0 Å². The molecule has 1 aromatic carbocycles. The number of nitrogens with zero attached hydrogens (tertiary/aromatic N) is 2. The highest BCUT2D eigenvalue weighted by Gasteiger charge is 2.04. The van der Waals surface area contributed by atoms with Gasteiger partial charge in [0.05, 0.1) is 0 Å². The molecular weight excluding hydrogens is 218 g/mol. The topological polar surface area (TPSA) is 70.3 Å². The molecule has 2 rings (SSSR count). The Kier molecular flexibility index (Phi) is 2.91. The standard InChI is InChI=1S/C12H15N3O2/c1-8-5-12(14-15(8)2)13-7-9-3-4-10(16)6-11(9)17/h3-6,16-17H,7H2,1-2H3,(H,13,14). The van der Waals surface area contributed by atoms with Gasteiger partial charge in [0.15, 0.2) is 0 Å². The third-order valence-corrected chi connectivity index (χ3v) is 2.64. The quantitative estimate of drug-likeness (QED) is 0.755. The van der Waals surface area contributed by atoms with Gasteiger partial charge in [-0.2, -0.15) is 5.10 Å². The van der Waals surface area contributed by atoms with Crippen LogP contribution in [-0.4, -0.2) is 20.0 Å². The van der Waals surface area contributed by atoms with E-state index in [-0.39, 0.29) is 11.5 Å². The average molecular weight is 233 g/mol. The van der Waals surface area contributed by atoms with Crippen molar-refractivity contribution in [2.75, 3.05) is 5.32 Å². The van der Waals surface area contributed by atoms with Crippen LogP contribution in [0.25, 0.3) is 0 Å². The normalized spacial score (nSPS) is 10.5. The second kappa shape index (κ2) is 4.37. The SMILES string of the molecule is Cc1cc(NCc2ccc(O)cc2O)nn1C. The number of aryl methyl sites for hydroxylation is 2. The summed E-state index contributed by atoms with van der Waals surface area (Å²) in [4.78, 5) is 0. The van der Waals surface area contributed by atoms with Crippen LogP contribution < -0.4 is 5.32 Å². The molecule has 0 amide bonds. The van der Waals surface area contributed by atoms with Crippen molar-refractivity contribution < 1.29 is 10.2 Å². The minimum Gasteiger partial charge on any atom is -0.508 e. The van der Waals surface area contributed by atoms with Crippen LogP contribution in [0.5, 0.6) is 11.5 Å². The first-order chi connectivity index (χ1) is 8.06. The van der Waals surface area contributed by atoms with Crippen molar-refractivity contribution in [3.63, 3.8) is 0 Å². The minimum atomic E-state index is 0.0555. The van der Waals surface area contributed by atoms with Crippen molar-refractivity contribution in [2.45, 2.75) is 13.5 Å². The molecule has 1 aromatic heterocycles. The molecule has 0 atom stereocenters. The van der Waals surface area contributed by atoms with Gasteiger partial charge in [0.25, 0.3) is 0 Å². The summed E-state index contributed by atoms with van der Waals surface area (Å²) in [6, 6.07) is 6.46. The molecule has 1 heterocycles. The van der Waals surface area contributed by atoms with Gasteiger partial charge in [-0.05, 0) is 19.1 Å². The largest absolute Gasteiger partial charge is 0.508 e.